The van der Waals surface area contributed by atoms with Gasteiger partial charge in [-0.2, -0.15) is 0 Å². The Kier molecular flexibility index (Phi) is 12.1. The molecular weight excluding hydrogens is 566 g/mol. The fourth-order valence-electron chi connectivity index (χ4n) is 3.49. The Hall–Kier alpha value is -4.15. The van der Waals surface area contributed by atoms with Gasteiger partial charge in [-0.05, 0) is 87.9 Å². The second kappa shape index (κ2) is 14.8. The molecule has 8 N–H and O–H groups in total. The molecule has 43 heavy (non-hydrogen) atoms. The van der Waals surface area contributed by atoms with Crippen LogP contribution in [-0.2, 0) is 32.0 Å². The molecule has 0 bridgehead atoms. The maximum atomic E-state index is 11.9. The summed E-state index contributed by atoms with van der Waals surface area (Å²) in [5, 5.41) is 27.5. The van der Waals surface area contributed by atoms with Crippen LogP contribution in [0.5, 0.6) is 0 Å². The second-order valence-electron chi connectivity index (χ2n) is 11.2. The smallest absolute Gasteiger partial charge is 0.478 e. The van der Waals surface area contributed by atoms with Gasteiger partial charge in [0.05, 0.1) is 18.8 Å². The van der Waals surface area contributed by atoms with Crippen molar-refractivity contribution < 1.29 is 53.1 Å². The van der Waals surface area contributed by atoms with E-state index in [1.54, 1.807) is 59.7 Å². The van der Waals surface area contributed by atoms with Crippen molar-refractivity contribution in [3.8, 4) is 0 Å². The van der Waals surface area contributed by atoms with E-state index in [2.05, 4.69) is 10.9 Å². The van der Waals surface area contributed by atoms with Gasteiger partial charge in [-0.3, -0.25) is 15.6 Å². The highest BCUT2D eigenvalue weighted by molar-refractivity contribution is 6.62. The van der Waals surface area contributed by atoms with Crippen molar-refractivity contribution in [3.05, 3.63) is 58.7 Å². The van der Waals surface area contributed by atoms with Crippen molar-refractivity contribution in [2.24, 2.45) is 5.84 Å². The number of amides is 3. The van der Waals surface area contributed by atoms with Crippen molar-refractivity contribution >= 4 is 49.2 Å². The minimum Gasteiger partial charge on any atom is -0.478 e. The molecule has 0 unspecified atom stereocenters. The predicted octanol–water partition coefficient (Wildman–Crippen LogP) is 0.0611. The number of carbonyl (C=O) groups excluding carboxylic acids is 3. The van der Waals surface area contributed by atoms with Crippen molar-refractivity contribution in [1.82, 2.24) is 16.3 Å². The first-order valence-electron chi connectivity index (χ1n) is 13.0. The number of nitrogens with one attached hydrogen (secondary N) is 3. The number of benzene rings is 2. The SMILES string of the molecule is CC(C)(C)OC(=O)NN.CC(C)(C)OC(=O)NNC(=O)c1ccc2c(c1)B(O)OC2.O=C(O)c1ccc2c(c1)B(O)OC2. The van der Waals surface area contributed by atoms with Crippen LogP contribution in [0.4, 0.5) is 9.59 Å². The molecule has 2 heterocycles. The quantitative estimate of drug-likeness (QED) is 0.105. The van der Waals surface area contributed by atoms with Crippen LogP contribution in [0.1, 0.15) is 73.4 Å². The number of hydrogen-bond acceptors (Lipinski definition) is 11. The molecule has 0 aromatic heterocycles. The molecule has 0 spiro atoms. The van der Waals surface area contributed by atoms with Crippen LogP contribution < -0.4 is 33.0 Å². The fraction of sp³-hybridized carbons (Fsp3) is 0.385. The lowest BCUT2D eigenvalue weighted by Gasteiger charge is -2.19. The first-order valence-corrected chi connectivity index (χ1v) is 13.0. The zero-order chi connectivity index (χ0) is 32.5. The number of rotatable bonds is 2. The molecule has 2 aromatic rings. The summed E-state index contributed by atoms with van der Waals surface area (Å²) >= 11 is 0. The van der Waals surface area contributed by atoms with Gasteiger partial charge in [-0.25, -0.2) is 25.7 Å². The minimum absolute atomic E-state index is 0.170. The number of aromatic carboxylic acids is 1. The molecule has 0 aliphatic carbocycles. The Morgan fingerprint density at radius 1 is 0.767 bits per heavy atom. The highest BCUT2D eigenvalue weighted by Crippen LogP contribution is 2.12. The minimum atomic E-state index is -1.02. The molecular formula is C26H36B2N4O11. The van der Waals surface area contributed by atoms with Gasteiger partial charge in [-0.15, -0.1) is 0 Å². The third-order valence-corrected chi connectivity index (χ3v) is 5.32. The average molecular weight is 602 g/mol. The van der Waals surface area contributed by atoms with Gasteiger partial charge >= 0.3 is 32.4 Å². The summed E-state index contributed by atoms with van der Waals surface area (Å²) in [6.07, 6.45) is -1.36. The first-order chi connectivity index (χ1) is 19.9. The van der Waals surface area contributed by atoms with Gasteiger partial charge in [0.2, 0.25) is 0 Å². The lowest BCUT2D eigenvalue weighted by Crippen LogP contribution is -2.44. The van der Waals surface area contributed by atoms with E-state index in [1.165, 1.54) is 18.2 Å². The molecule has 2 aromatic carbocycles. The number of nitrogens with two attached hydrogens (primary N) is 1. The van der Waals surface area contributed by atoms with Gasteiger partial charge < -0.3 is 33.9 Å². The summed E-state index contributed by atoms with van der Waals surface area (Å²) in [4.78, 5) is 44.3. The predicted molar refractivity (Wildman–Crippen MR) is 155 cm³/mol. The number of carboxylic acid groups (broad SMARTS) is 1. The molecule has 3 amide bonds. The van der Waals surface area contributed by atoms with E-state index in [4.69, 9.17) is 29.7 Å². The van der Waals surface area contributed by atoms with Crippen LogP contribution in [0.25, 0.3) is 0 Å². The number of carboxylic acids is 1. The number of hydrazine groups is 2. The standard InChI is InChI=1S/C13H17BN2O5.C8H7BO4.C5H12N2O2/c1-13(2,3)21-12(18)16-15-11(17)8-4-5-9-7-20-14(19)10(9)6-8;10-8(11)5-1-2-6-4-13-9(12)7(6)3-5;1-5(2,3)9-4(8)7-6/h4-6,19H,7H2,1-3H3,(H,15,17)(H,16,18);1-3,12H,4H2,(H,10,11);6H2,1-3H3,(H,7,8). The zero-order valence-corrected chi connectivity index (χ0v) is 24.7. The van der Waals surface area contributed by atoms with Gasteiger partial charge in [0.25, 0.3) is 5.91 Å². The molecule has 15 nitrogen and oxygen atoms in total. The first kappa shape index (κ1) is 35.0. The number of fused-ring (bicyclic) bond motifs is 2. The molecule has 0 fully saturated rings. The molecule has 17 heteroatoms. The van der Waals surface area contributed by atoms with Gasteiger partial charge in [0, 0.05) is 5.56 Å². The summed E-state index contributed by atoms with van der Waals surface area (Å²) in [7, 11) is -2.00. The fourth-order valence-corrected chi connectivity index (χ4v) is 3.49. The highest BCUT2D eigenvalue weighted by atomic mass is 16.6. The van der Waals surface area contributed by atoms with Gasteiger partial charge in [-0.1, -0.05) is 12.1 Å². The van der Waals surface area contributed by atoms with Crippen LogP contribution in [0.15, 0.2) is 36.4 Å². The summed E-state index contributed by atoms with van der Waals surface area (Å²) in [6, 6.07) is 9.42. The summed E-state index contributed by atoms with van der Waals surface area (Å²) in [5.74, 6) is 3.25. The molecule has 232 valence electrons. The van der Waals surface area contributed by atoms with Crippen LogP contribution in [-0.4, -0.2) is 64.7 Å². The van der Waals surface area contributed by atoms with Crippen molar-refractivity contribution in [1.29, 1.82) is 0 Å². The Bertz CT molecular complexity index is 1330. The molecule has 4 rings (SSSR count). The van der Waals surface area contributed by atoms with Crippen molar-refractivity contribution in [3.63, 3.8) is 0 Å². The molecule has 0 atom stereocenters. The highest BCUT2D eigenvalue weighted by Gasteiger charge is 2.29. The monoisotopic (exact) mass is 602 g/mol. The van der Waals surface area contributed by atoms with Crippen molar-refractivity contribution in [2.75, 3.05) is 0 Å². The number of hydrogen-bond donors (Lipinski definition) is 7. The van der Waals surface area contributed by atoms with Gasteiger partial charge in [0.1, 0.15) is 11.2 Å². The zero-order valence-electron chi connectivity index (χ0n) is 24.7. The molecule has 0 radical (unpaired) electrons. The van der Waals surface area contributed by atoms with E-state index in [0.29, 0.717) is 29.7 Å². The van der Waals surface area contributed by atoms with Crippen molar-refractivity contribution in [2.45, 2.75) is 66.0 Å². The Labute approximate surface area is 249 Å². The van der Waals surface area contributed by atoms with E-state index in [9.17, 15) is 29.2 Å². The van der Waals surface area contributed by atoms with E-state index in [1.807, 2.05) is 5.43 Å². The van der Waals surface area contributed by atoms with E-state index in [0.717, 1.165) is 11.1 Å². The van der Waals surface area contributed by atoms with E-state index in [-0.39, 0.29) is 5.56 Å². The summed E-state index contributed by atoms with van der Waals surface area (Å²) in [5.41, 5.74) is 8.40. The van der Waals surface area contributed by atoms with Crippen LogP contribution in [0.3, 0.4) is 0 Å². The maximum absolute atomic E-state index is 11.9. The number of carbonyl (C=O) groups is 4. The number of ether oxygens (including phenoxy) is 2. The molecule has 0 saturated heterocycles. The second-order valence-corrected chi connectivity index (χ2v) is 11.2. The maximum Gasteiger partial charge on any atom is 0.491 e. The third kappa shape index (κ3) is 11.6. The molecule has 2 aliphatic rings. The topological polar surface area (TPSA) is 228 Å². The van der Waals surface area contributed by atoms with Gasteiger partial charge in [0.15, 0.2) is 0 Å². The lowest BCUT2D eigenvalue weighted by molar-refractivity contribution is 0.0481. The average Bonchev–Trinajstić information content (AvgIpc) is 3.47. The van der Waals surface area contributed by atoms with Crippen LogP contribution in [0, 0.1) is 0 Å². The van der Waals surface area contributed by atoms with Crippen LogP contribution in [0.2, 0.25) is 0 Å². The Morgan fingerprint density at radius 2 is 1.21 bits per heavy atom. The normalized spacial score (nSPS) is 13.2. The lowest BCUT2D eigenvalue weighted by atomic mass is 9.79. The van der Waals surface area contributed by atoms with E-state index < -0.39 is 49.5 Å². The van der Waals surface area contributed by atoms with E-state index >= 15 is 0 Å². The Balaban J connectivity index is 0.000000250. The third-order valence-electron chi connectivity index (χ3n) is 5.32. The Morgan fingerprint density at radius 3 is 1.63 bits per heavy atom. The summed E-state index contributed by atoms with van der Waals surface area (Å²) < 4.78 is 19.7. The summed E-state index contributed by atoms with van der Waals surface area (Å²) in [6.45, 7) is 11.1. The molecule has 2 aliphatic heterocycles. The molecule has 0 saturated carbocycles. The van der Waals surface area contributed by atoms with Crippen LogP contribution >= 0.6 is 0 Å². The largest absolute Gasteiger partial charge is 0.491 e.